The van der Waals surface area contributed by atoms with Gasteiger partial charge in [-0.15, -0.1) is 0 Å². The van der Waals surface area contributed by atoms with Gasteiger partial charge in [0.05, 0.1) is 11.1 Å². The third kappa shape index (κ3) is 9.45. The average molecular weight is 615 g/mol. The summed E-state index contributed by atoms with van der Waals surface area (Å²) in [7, 11) is 0. The molecule has 0 aliphatic carbocycles. The van der Waals surface area contributed by atoms with Crippen molar-refractivity contribution in [3.63, 3.8) is 0 Å². The fourth-order valence-electron chi connectivity index (χ4n) is 5.00. The number of carbonyl (C=O) groups excluding carboxylic acids is 2. The Morgan fingerprint density at radius 2 is 0.932 bits per heavy atom. The summed E-state index contributed by atoms with van der Waals surface area (Å²) >= 11 is 0. The Balaban J connectivity index is 2.14. The zero-order valence-corrected chi connectivity index (χ0v) is 29.4. The zero-order chi connectivity index (χ0) is 34.2. The van der Waals surface area contributed by atoms with Gasteiger partial charge in [0, 0.05) is 28.7 Å². The van der Waals surface area contributed by atoms with Crippen molar-refractivity contribution in [2.75, 3.05) is 0 Å². The number of benzene rings is 2. The second-order valence-electron chi connectivity index (χ2n) is 16.5. The van der Waals surface area contributed by atoms with Gasteiger partial charge in [0.1, 0.15) is 23.2 Å². The van der Waals surface area contributed by atoms with Gasteiger partial charge in [0.2, 0.25) is 0 Å². The van der Waals surface area contributed by atoms with Gasteiger partial charge in [-0.05, 0) is 71.7 Å². The number of esters is 1. The lowest BCUT2D eigenvalue weighted by atomic mass is 9.78. The molecular weight excluding hydrogens is 560 g/mol. The van der Waals surface area contributed by atoms with Crippen LogP contribution >= 0.6 is 0 Å². The van der Waals surface area contributed by atoms with Gasteiger partial charge in [0.25, 0.3) is 0 Å². The third-order valence-electron chi connectivity index (χ3n) is 7.38. The van der Waals surface area contributed by atoms with Crippen molar-refractivity contribution in [3.05, 3.63) is 57.6 Å². The first-order valence-corrected chi connectivity index (χ1v) is 15.2. The van der Waals surface area contributed by atoms with Gasteiger partial charge in [-0.25, -0.2) is 9.59 Å². The molecular formula is C36H54O8. The average Bonchev–Trinajstić information content (AvgIpc) is 2.80. The molecule has 0 saturated heterocycles. The van der Waals surface area contributed by atoms with E-state index < -0.39 is 34.5 Å². The molecule has 0 fully saturated rings. The lowest BCUT2D eigenvalue weighted by Gasteiger charge is -2.28. The van der Waals surface area contributed by atoms with E-state index in [1.807, 2.05) is 83.1 Å². The first-order valence-electron chi connectivity index (χ1n) is 15.2. The highest BCUT2D eigenvalue weighted by Crippen LogP contribution is 2.41. The Bertz CT molecular complexity index is 1290. The van der Waals surface area contributed by atoms with Crippen LogP contribution in [0.1, 0.15) is 153 Å². The lowest BCUT2D eigenvalue weighted by Crippen LogP contribution is -2.32. The number of phenols is 2. The van der Waals surface area contributed by atoms with Crippen LogP contribution in [-0.4, -0.2) is 33.9 Å². The van der Waals surface area contributed by atoms with Crippen molar-refractivity contribution in [1.29, 1.82) is 0 Å². The van der Waals surface area contributed by atoms with Crippen LogP contribution in [0.15, 0.2) is 24.3 Å². The second-order valence-corrected chi connectivity index (χ2v) is 16.5. The quantitative estimate of drug-likeness (QED) is 0.172. The number of hydrogen-bond donors (Lipinski definition) is 2. The van der Waals surface area contributed by atoms with E-state index in [-0.39, 0.29) is 34.3 Å². The van der Waals surface area contributed by atoms with Crippen molar-refractivity contribution >= 4 is 11.9 Å². The van der Waals surface area contributed by atoms with E-state index in [0.717, 1.165) is 0 Å². The molecule has 8 nitrogen and oxygen atoms in total. The fraction of sp³-hybridized carbons (Fsp3) is 0.611. The van der Waals surface area contributed by atoms with Crippen molar-refractivity contribution < 1.29 is 39.4 Å². The summed E-state index contributed by atoms with van der Waals surface area (Å²) in [5.41, 5.74) is 0.529. The molecule has 2 rings (SSSR count). The van der Waals surface area contributed by atoms with Gasteiger partial charge in [-0.3, -0.25) is 4.89 Å². The molecule has 0 aromatic heterocycles. The molecule has 8 heteroatoms. The van der Waals surface area contributed by atoms with Gasteiger partial charge >= 0.3 is 11.9 Å². The molecule has 0 radical (unpaired) electrons. The van der Waals surface area contributed by atoms with E-state index in [2.05, 4.69) is 0 Å². The van der Waals surface area contributed by atoms with E-state index in [1.54, 1.807) is 45.0 Å². The summed E-state index contributed by atoms with van der Waals surface area (Å²) in [6.07, 6.45) is -0.351. The van der Waals surface area contributed by atoms with Crippen LogP contribution in [0.4, 0.5) is 0 Å². The van der Waals surface area contributed by atoms with E-state index in [4.69, 9.17) is 19.6 Å². The maximum atomic E-state index is 13.2. The van der Waals surface area contributed by atoms with Crippen LogP contribution in [0.2, 0.25) is 0 Å². The molecule has 0 heterocycles. The lowest BCUT2D eigenvalue weighted by molar-refractivity contribution is -0.513. The molecule has 44 heavy (non-hydrogen) atoms. The van der Waals surface area contributed by atoms with E-state index in [9.17, 15) is 19.8 Å². The topological polar surface area (TPSA) is 112 Å². The Morgan fingerprint density at radius 3 is 1.25 bits per heavy atom. The maximum absolute atomic E-state index is 13.2. The van der Waals surface area contributed by atoms with Crippen LogP contribution in [0.25, 0.3) is 0 Å². The normalized spacial score (nSPS) is 13.9. The Labute approximate surface area is 263 Å². The van der Waals surface area contributed by atoms with E-state index in [1.165, 1.54) is 0 Å². The second kappa shape index (κ2) is 12.7. The molecule has 0 aliphatic rings. The molecule has 1 unspecified atom stereocenters. The minimum absolute atomic E-state index is 0.153. The monoisotopic (exact) mass is 614 g/mol. The highest BCUT2D eigenvalue weighted by atomic mass is 17.5. The number of carbonyl (C=O) groups is 2. The number of ether oxygens (including phenoxy) is 1. The van der Waals surface area contributed by atoms with Gasteiger partial charge < -0.3 is 14.9 Å². The van der Waals surface area contributed by atoms with Crippen molar-refractivity contribution in [3.8, 4) is 11.5 Å². The molecule has 1 atom stereocenters. The van der Waals surface area contributed by atoms with Crippen LogP contribution in [-0.2, 0) is 41.2 Å². The van der Waals surface area contributed by atoms with Gasteiger partial charge in [-0.1, -0.05) is 83.1 Å². The smallest absolute Gasteiger partial charge is 0.376 e. The SMILES string of the molecule is CC(CC(C)(C)OOOC(=O)c1cc(C(C)(C)C)c(O)c(C(C)(C)C)c1)OC(=O)c1cc(C(C)(C)C)c(O)c(C(C)(C)C)c1. The molecule has 2 aromatic rings. The molecule has 246 valence electrons. The highest BCUT2D eigenvalue weighted by molar-refractivity contribution is 5.91. The molecule has 2 N–H and O–H groups in total. The maximum Gasteiger partial charge on any atom is 0.376 e. The van der Waals surface area contributed by atoms with Crippen molar-refractivity contribution in [2.45, 2.75) is 144 Å². The Kier molecular flexibility index (Phi) is 10.7. The molecule has 0 saturated carbocycles. The van der Waals surface area contributed by atoms with Crippen LogP contribution < -0.4 is 0 Å². The first-order chi connectivity index (χ1) is 19.6. The summed E-state index contributed by atoms with van der Waals surface area (Å²) in [5, 5.41) is 26.8. The van der Waals surface area contributed by atoms with Crippen LogP contribution in [0.3, 0.4) is 0 Å². The largest absolute Gasteiger partial charge is 0.507 e. The van der Waals surface area contributed by atoms with Crippen LogP contribution in [0.5, 0.6) is 11.5 Å². The molecule has 0 spiro atoms. The van der Waals surface area contributed by atoms with E-state index in [0.29, 0.717) is 27.8 Å². The van der Waals surface area contributed by atoms with Crippen molar-refractivity contribution in [1.82, 2.24) is 0 Å². The van der Waals surface area contributed by atoms with Crippen molar-refractivity contribution in [2.24, 2.45) is 0 Å². The number of rotatable bonds is 8. The Morgan fingerprint density at radius 1 is 0.614 bits per heavy atom. The summed E-state index contributed by atoms with van der Waals surface area (Å²) < 4.78 is 5.76. The fourth-order valence-corrected chi connectivity index (χ4v) is 5.00. The standard InChI is InChI=1S/C36H54O8/c1-21(41-30(39)22-16-24(32(2,3)4)28(37)25(17-22)33(5,6)7)20-36(14,15)43-44-42-31(40)23-18-26(34(8,9)10)29(38)27(19-23)35(11,12)13/h16-19,21,37-38H,20H2,1-15H3. The molecule has 0 bridgehead atoms. The summed E-state index contributed by atoms with van der Waals surface area (Å²) in [4.78, 5) is 36.6. The van der Waals surface area contributed by atoms with Gasteiger partial charge in [-0.2, -0.15) is 4.89 Å². The predicted octanol–water partition coefficient (Wildman–Crippen LogP) is 8.72. The van der Waals surface area contributed by atoms with Crippen LogP contribution in [0, 0.1) is 0 Å². The number of hydrogen-bond acceptors (Lipinski definition) is 8. The third-order valence-corrected chi connectivity index (χ3v) is 7.38. The molecule has 2 aromatic carbocycles. The molecule has 0 amide bonds. The minimum Gasteiger partial charge on any atom is -0.507 e. The highest BCUT2D eigenvalue weighted by Gasteiger charge is 2.32. The molecule has 0 aliphatic heterocycles. The summed E-state index contributed by atoms with van der Waals surface area (Å²) in [6.45, 7) is 28.8. The number of phenolic OH excluding ortho intramolecular Hbond substituents is 2. The summed E-state index contributed by atoms with van der Waals surface area (Å²) in [5.74, 6) is -0.950. The zero-order valence-electron chi connectivity index (χ0n) is 29.4. The Hall–Kier alpha value is -3.10. The summed E-state index contributed by atoms with van der Waals surface area (Å²) in [6, 6.07) is 6.57. The first kappa shape index (κ1) is 37.1. The van der Waals surface area contributed by atoms with E-state index >= 15 is 0 Å². The minimum atomic E-state index is -0.996. The van der Waals surface area contributed by atoms with Gasteiger partial charge in [0.15, 0.2) is 0 Å². The predicted molar refractivity (Wildman–Crippen MR) is 172 cm³/mol. The number of aromatic hydroxyl groups is 2.